The van der Waals surface area contributed by atoms with Crippen LogP contribution < -0.4 is 10.7 Å². The minimum absolute atomic E-state index is 0.285. The van der Waals surface area contributed by atoms with Crippen LogP contribution in [0.2, 0.25) is 10.0 Å². The van der Waals surface area contributed by atoms with Gasteiger partial charge in [-0.1, -0.05) is 48.3 Å². The van der Waals surface area contributed by atoms with Crippen molar-refractivity contribution in [2.75, 3.05) is 12.4 Å². The first-order chi connectivity index (χ1) is 15.6. The van der Waals surface area contributed by atoms with Gasteiger partial charge in [-0.05, 0) is 79.3 Å². The Morgan fingerprint density at radius 3 is 2.45 bits per heavy atom. The molecule has 2 aromatic carbocycles. The number of rotatable bonds is 9. The lowest BCUT2D eigenvalue weighted by molar-refractivity contribution is -0.114. The monoisotopic (exact) mass is 488 g/mol. The van der Waals surface area contributed by atoms with E-state index in [4.69, 9.17) is 23.2 Å². The highest BCUT2D eigenvalue weighted by atomic mass is 35.5. The Morgan fingerprint density at radius 1 is 1.18 bits per heavy atom. The molecule has 0 aliphatic carbocycles. The van der Waals surface area contributed by atoms with Crippen LogP contribution >= 0.6 is 23.2 Å². The van der Waals surface area contributed by atoms with Crippen molar-refractivity contribution in [1.82, 2.24) is 10.6 Å². The Morgan fingerprint density at radius 2 is 1.85 bits per heavy atom. The third kappa shape index (κ3) is 8.11. The summed E-state index contributed by atoms with van der Waals surface area (Å²) in [5, 5.41) is 14.4. The van der Waals surface area contributed by atoms with Gasteiger partial charge in [0, 0.05) is 35.5 Å². The van der Waals surface area contributed by atoms with Crippen LogP contribution in [0.1, 0.15) is 42.5 Å². The summed E-state index contributed by atoms with van der Waals surface area (Å²) >= 11 is 12.3. The summed E-state index contributed by atoms with van der Waals surface area (Å²) in [4.78, 5) is 17.3. The van der Waals surface area contributed by atoms with Crippen LogP contribution in [0.25, 0.3) is 5.57 Å². The van der Waals surface area contributed by atoms with Crippen LogP contribution in [0.3, 0.4) is 0 Å². The molecule has 0 radical (unpaired) electrons. The van der Waals surface area contributed by atoms with E-state index in [1.165, 1.54) is 7.05 Å². The zero-order valence-electron chi connectivity index (χ0n) is 19.5. The smallest absolute Gasteiger partial charge is 0.273 e. The lowest BCUT2D eigenvalue weighted by Crippen LogP contribution is -2.30. The minimum atomic E-state index is -0.285. The summed E-state index contributed by atoms with van der Waals surface area (Å²) in [6.45, 7) is 8.19. The maximum Gasteiger partial charge on any atom is 0.273 e. The highest BCUT2D eigenvalue weighted by Crippen LogP contribution is 2.27. The highest BCUT2D eigenvalue weighted by Gasteiger charge is 2.13. The van der Waals surface area contributed by atoms with Crippen LogP contribution in [0.15, 0.2) is 53.2 Å². The molecule has 0 spiro atoms. The lowest BCUT2D eigenvalue weighted by atomic mass is 10.0. The summed E-state index contributed by atoms with van der Waals surface area (Å²) in [6, 6.07) is 9.21. The molecular formula is C25H30Cl2N4O2. The van der Waals surface area contributed by atoms with Gasteiger partial charge in [-0.2, -0.15) is 0 Å². The van der Waals surface area contributed by atoms with Gasteiger partial charge < -0.3 is 5.32 Å². The van der Waals surface area contributed by atoms with E-state index in [1.54, 1.807) is 36.6 Å². The van der Waals surface area contributed by atoms with Gasteiger partial charge in [0.1, 0.15) is 5.70 Å². The second-order valence-electron chi connectivity index (χ2n) is 7.67. The molecular weight excluding hydrogens is 459 g/mol. The number of allylic oxidation sites excluding steroid dienone is 3. The number of carbonyl (C=O) groups excluding carboxylic acids is 1. The maximum absolute atomic E-state index is 12.9. The fourth-order valence-electron chi connectivity index (χ4n) is 3.25. The number of amides is 1. The number of halogens is 2. The summed E-state index contributed by atoms with van der Waals surface area (Å²) in [5.41, 5.74) is 8.42. The molecule has 0 fully saturated rings. The third-order valence-electron chi connectivity index (χ3n) is 4.86. The van der Waals surface area contributed by atoms with Gasteiger partial charge in [-0.25, -0.2) is 5.43 Å². The van der Waals surface area contributed by atoms with Crippen molar-refractivity contribution in [3.05, 3.63) is 80.5 Å². The number of hydrogen-bond donors (Lipinski definition) is 3. The number of nitrogens with zero attached hydrogens (tertiary/aromatic N) is 2. The molecule has 2 aromatic rings. The summed E-state index contributed by atoms with van der Waals surface area (Å²) in [7, 11) is 1.51. The molecule has 0 saturated heterocycles. The molecule has 1 amide bonds. The van der Waals surface area contributed by atoms with E-state index in [2.05, 4.69) is 15.7 Å². The average molecular weight is 489 g/mol. The molecule has 6 nitrogen and oxygen atoms in total. The Hall–Kier alpha value is -2.48. The van der Waals surface area contributed by atoms with E-state index in [-0.39, 0.29) is 5.91 Å². The van der Waals surface area contributed by atoms with Crippen LogP contribution in [0.4, 0.5) is 5.69 Å². The zero-order chi connectivity index (χ0) is 24.5. The van der Waals surface area contributed by atoms with Gasteiger partial charge in [0.2, 0.25) is 0 Å². The van der Waals surface area contributed by atoms with E-state index >= 15 is 0 Å². The quantitative estimate of drug-likeness (QED) is 0.218. The number of hydrogen-bond acceptors (Lipinski definition) is 5. The Kier molecular flexibility index (Phi) is 10.3. The number of benzene rings is 2. The van der Waals surface area contributed by atoms with Crippen molar-refractivity contribution in [2.24, 2.45) is 4.99 Å². The van der Waals surface area contributed by atoms with Crippen LogP contribution in [0.5, 0.6) is 0 Å². The molecule has 33 heavy (non-hydrogen) atoms. The molecule has 0 unspecified atom stereocenters. The predicted molar refractivity (Wildman–Crippen MR) is 138 cm³/mol. The van der Waals surface area contributed by atoms with E-state index in [1.807, 2.05) is 39.8 Å². The Balaban J connectivity index is 2.19. The van der Waals surface area contributed by atoms with Gasteiger partial charge in [0.15, 0.2) is 0 Å². The van der Waals surface area contributed by atoms with E-state index in [0.717, 1.165) is 38.7 Å². The van der Waals surface area contributed by atoms with E-state index in [9.17, 15) is 10.0 Å². The molecule has 0 aliphatic heterocycles. The second-order valence-corrected chi connectivity index (χ2v) is 8.51. The molecule has 2 rings (SSSR count). The number of aryl methyl sites for hydroxylation is 2. The highest BCUT2D eigenvalue weighted by molar-refractivity contribution is 6.34. The first kappa shape index (κ1) is 26.8. The topological polar surface area (TPSA) is 77.0 Å². The van der Waals surface area contributed by atoms with Crippen molar-refractivity contribution >= 4 is 46.6 Å². The number of aliphatic imine (C=N–C) groups is 1. The van der Waals surface area contributed by atoms with Crippen molar-refractivity contribution in [1.29, 1.82) is 0 Å². The molecule has 176 valence electrons. The lowest BCUT2D eigenvalue weighted by Gasteiger charge is -2.15. The van der Waals surface area contributed by atoms with Gasteiger partial charge in [0.25, 0.3) is 5.91 Å². The zero-order valence-corrected chi connectivity index (χ0v) is 21.1. The maximum atomic E-state index is 12.9. The normalized spacial score (nSPS) is 12.6. The number of anilines is 1. The molecule has 3 N–H and O–H groups in total. The number of hydrazine groups is 1. The number of nitrogens with one attached hydrogen (secondary N) is 2. The standard InChI is InChI=1S/C25H30Cl2N4O2/c1-6-7-23(28-11-10-16(2)21-14-20(26)8-9-22(21)27)25(32)30-24-17(3)12-19(13-18(24)4)15-29-31(5)33/h7-14,29,33H,6,15H2,1-5H3,(H,30,32)/b16-10+,23-7+,28-11+. The van der Waals surface area contributed by atoms with E-state index < -0.39 is 0 Å². The van der Waals surface area contributed by atoms with Crippen molar-refractivity contribution < 1.29 is 10.0 Å². The molecule has 8 heteroatoms. The largest absolute Gasteiger partial charge is 0.320 e. The first-order valence-electron chi connectivity index (χ1n) is 10.6. The fraction of sp³-hybridized carbons (Fsp3) is 0.280. The molecule has 0 atom stereocenters. The molecule has 0 aromatic heterocycles. The summed E-state index contributed by atoms with van der Waals surface area (Å²) in [5.74, 6) is -0.285. The molecule has 0 aliphatic rings. The van der Waals surface area contributed by atoms with Crippen molar-refractivity contribution in [2.45, 2.75) is 40.7 Å². The Bertz CT molecular complexity index is 1070. The SMILES string of the molecule is CC/C=C(/N=C/C=C(\C)c1cc(Cl)ccc1Cl)C(=O)Nc1c(C)cc(CNN(C)O)cc1C. The van der Waals surface area contributed by atoms with Crippen LogP contribution in [0, 0.1) is 13.8 Å². The molecule has 0 saturated carbocycles. The van der Waals surface area contributed by atoms with Gasteiger partial charge in [-0.3, -0.25) is 15.0 Å². The van der Waals surface area contributed by atoms with Gasteiger partial charge in [0.05, 0.1) is 0 Å². The molecule has 0 bridgehead atoms. The summed E-state index contributed by atoms with van der Waals surface area (Å²) in [6.07, 6.45) is 5.83. The fourth-order valence-corrected chi connectivity index (χ4v) is 3.69. The number of hydroxylamine groups is 1. The second kappa shape index (κ2) is 12.7. The van der Waals surface area contributed by atoms with Gasteiger partial charge >= 0.3 is 0 Å². The summed E-state index contributed by atoms with van der Waals surface area (Å²) < 4.78 is 0. The third-order valence-corrected chi connectivity index (χ3v) is 5.43. The predicted octanol–water partition coefficient (Wildman–Crippen LogP) is 6.34. The van der Waals surface area contributed by atoms with Gasteiger partial charge in [-0.15, -0.1) is 5.17 Å². The average Bonchev–Trinajstić information content (AvgIpc) is 2.75. The van der Waals surface area contributed by atoms with Crippen molar-refractivity contribution in [3.8, 4) is 0 Å². The van der Waals surface area contributed by atoms with Crippen molar-refractivity contribution in [3.63, 3.8) is 0 Å². The first-order valence-corrected chi connectivity index (χ1v) is 11.3. The Labute approximate surface area is 205 Å². The number of carbonyl (C=O) groups is 1. The minimum Gasteiger partial charge on any atom is -0.320 e. The molecule has 0 heterocycles. The van der Waals surface area contributed by atoms with Crippen LogP contribution in [-0.4, -0.2) is 29.5 Å². The van der Waals surface area contributed by atoms with Crippen LogP contribution in [-0.2, 0) is 11.3 Å². The van der Waals surface area contributed by atoms with E-state index in [0.29, 0.717) is 28.7 Å².